The van der Waals surface area contributed by atoms with Gasteiger partial charge in [-0.05, 0) is 24.3 Å². The van der Waals surface area contributed by atoms with Gasteiger partial charge in [0, 0.05) is 0 Å². The van der Waals surface area contributed by atoms with Crippen LogP contribution in [-0.4, -0.2) is 18.2 Å². The number of methoxy groups -OCH3 is 1. The van der Waals surface area contributed by atoms with Gasteiger partial charge in [0.2, 0.25) is 0 Å². The van der Waals surface area contributed by atoms with E-state index in [2.05, 4.69) is 5.16 Å². The molecule has 20 heavy (non-hydrogen) atoms. The maximum Gasteiger partial charge on any atom is 0.365 e. The molecule has 0 aliphatic carbocycles. The number of nitrogens with zero attached hydrogens (tertiary/aromatic N) is 1. The molecule has 4 nitrogen and oxygen atoms in total. The second-order valence-electron chi connectivity index (χ2n) is 3.83. The van der Waals surface area contributed by atoms with Gasteiger partial charge in [-0.3, -0.25) is 0 Å². The summed E-state index contributed by atoms with van der Waals surface area (Å²) < 4.78 is 5.15. The lowest BCUT2D eigenvalue weighted by Crippen LogP contribution is -2.03. The Morgan fingerprint density at radius 3 is 2.40 bits per heavy atom. The van der Waals surface area contributed by atoms with Crippen LogP contribution in [0.25, 0.3) is 0 Å². The van der Waals surface area contributed by atoms with Crippen LogP contribution in [0.2, 0.25) is 0 Å². The number of benzene rings is 2. The topological polar surface area (TPSA) is 47.9 Å². The molecular formula is C15H12ClNO3. The average Bonchev–Trinajstić information content (AvgIpc) is 2.53. The molecule has 0 radical (unpaired) electrons. The molecule has 2 aromatic rings. The van der Waals surface area contributed by atoms with Gasteiger partial charge < -0.3 is 9.57 Å². The largest absolute Gasteiger partial charge is 0.496 e. The third kappa shape index (κ3) is 3.36. The van der Waals surface area contributed by atoms with Gasteiger partial charge in [-0.15, -0.1) is 0 Å². The van der Waals surface area contributed by atoms with Crippen molar-refractivity contribution in [2.75, 3.05) is 7.11 Å². The highest BCUT2D eigenvalue weighted by Crippen LogP contribution is 2.20. The second kappa shape index (κ2) is 6.73. The molecule has 0 aliphatic heterocycles. The van der Waals surface area contributed by atoms with Gasteiger partial charge in [-0.25, -0.2) is 4.79 Å². The van der Waals surface area contributed by atoms with Gasteiger partial charge in [0.15, 0.2) is 5.17 Å². The smallest absolute Gasteiger partial charge is 0.365 e. The van der Waals surface area contributed by atoms with Crippen molar-refractivity contribution in [1.82, 2.24) is 0 Å². The first-order chi connectivity index (χ1) is 9.72. The standard InChI is InChI=1S/C15H12ClNO3/c1-19-13-10-6-5-9-12(13)14(16)17-20-15(18)11-7-3-2-4-8-11/h2-10H,1H3/b17-14-. The number of hydrogen-bond acceptors (Lipinski definition) is 4. The third-order valence-corrected chi connectivity index (χ3v) is 2.82. The molecule has 0 bridgehead atoms. The maximum atomic E-state index is 11.7. The molecule has 0 aromatic heterocycles. The summed E-state index contributed by atoms with van der Waals surface area (Å²) >= 11 is 6.01. The van der Waals surface area contributed by atoms with Gasteiger partial charge in [0.05, 0.1) is 18.2 Å². The zero-order chi connectivity index (χ0) is 14.4. The maximum absolute atomic E-state index is 11.7. The summed E-state index contributed by atoms with van der Waals surface area (Å²) in [6.45, 7) is 0. The first kappa shape index (κ1) is 14.1. The molecule has 0 saturated carbocycles. The average molecular weight is 290 g/mol. The van der Waals surface area contributed by atoms with E-state index in [0.29, 0.717) is 16.9 Å². The van der Waals surface area contributed by atoms with E-state index >= 15 is 0 Å². The summed E-state index contributed by atoms with van der Waals surface area (Å²) in [6, 6.07) is 15.6. The van der Waals surface area contributed by atoms with E-state index in [4.69, 9.17) is 21.2 Å². The second-order valence-corrected chi connectivity index (χ2v) is 4.19. The highest BCUT2D eigenvalue weighted by molar-refractivity contribution is 6.69. The van der Waals surface area contributed by atoms with E-state index < -0.39 is 5.97 Å². The first-order valence-electron chi connectivity index (χ1n) is 5.85. The Morgan fingerprint density at radius 2 is 1.70 bits per heavy atom. The van der Waals surface area contributed by atoms with Gasteiger partial charge in [0.25, 0.3) is 0 Å². The predicted octanol–water partition coefficient (Wildman–Crippen LogP) is 3.45. The van der Waals surface area contributed by atoms with Gasteiger partial charge in [-0.1, -0.05) is 47.1 Å². The molecule has 2 aromatic carbocycles. The Kier molecular flexibility index (Phi) is 4.74. The summed E-state index contributed by atoms with van der Waals surface area (Å²) in [5.41, 5.74) is 0.957. The molecule has 2 rings (SSSR count). The van der Waals surface area contributed by atoms with Gasteiger partial charge in [0.1, 0.15) is 5.75 Å². The van der Waals surface area contributed by atoms with Crippen LogP contribution in [0.3, 0.4) is 0 Å². The monoisotopic (exact) mass is 289 g/mol. The van der Waals surface area contributed by atoms with E-state index in [9.17, 15) is 4.79 Å². The minimum Gasteiger partial charge on any atom is -0.496 e. The van der Waals surface area contributed by atoms with Crippen molar-refractivity contribution < 1.29 is 14.4 Å². The highest BCUT2D eigenvalue weighted by Gasteiger charge is 2.10. The summed E-state index contributed by atoms with van der Waals surface area (Å²) in [4.78, 5) is 16.5. The van der Waals surface area contributed by atoms with E-state index in [1.807, 2.05) is 12.1 Å². The molecule has 0 aliphatic rings. The summed E-state index contributed by atoms with van der Waals surface area (Å²) in [5, 5.41) is 3.68. The van der Waals surface area contributed by atoms with Crippen LogP contribution in [0.4, 0.5) is 0 Å². The van der Waals surface area contributed by atoms with Crippen molar-refractivity contribution in [3.8, 4) is 5.75 Å². The van der Waals surface area contributed by atoms with E-state index in [-0.39, 0.29) is 5.17 Å². The number of carbonyl (C=O) groups is 1. The Balaban J connectivity index is 2.13. The van der Waals surface area contributed by atoms with E-state index in [1.54, 1.807) is 42.5 Å². The van der Waals surface area contributed by atoms with Crippen LogP contribution in [0.15, 0.2) is 59.8 Å². The molecule has 0 unspecified atom stereocenters. The van der Waals surface area contributed by atoms with Crippen molar-refractivity contribution in [1.29, 1.82) is 0 Å². The summed E-state index contributed by atoms with van der Waals surface area (Å²) in [7, 11) is 1.53. The zero-order valence-electron chi connectivity index (χ0n) is 10.7. The van der Waals surface area contributed by atoms with Crippen molar-refractivity contribution in [3.05, 3.63) is 65.7 Å². The van der Waals surface area contributed by atoms with Crippen LogP contribution in [0, 0.1) is 0 Å². The fourth-order valence-corrected chi connectivity index (χ4v) is 1.76. The Hall–Kier alpha value is -2.33. The predicted molar refractivity (Wildman–Crippen MR) is 77.2 cm³/mol. The number of halogens is 1. The minimum atomic E-state index is -0.571. The van der Waals surface area contributed by atoms with Crippen LogP contribution in [0.1, 0.15) is 15.9 Å². The number of hydrogen-bond donors (Lipinski definition) is 0. The van der Waals surface area contributed by atoms with Crippen LogP contribution in [-0.2, 0) is 4.84 Å². The molecule has 0 amide bonds. The van der Waals surface area contributed by atoms with Gasteiger partial charge in [-0.2, -0.15) is 0 Å². The third-order valence-electron chi connectivity index (χ3n) is 2.55. The molecule has 0 fully saturated rings. The number of para-hydroxylation sites is 1. The SMILES string of the molecule is COc1ccccc1/C(Cl)=N/OC(=O)c1ccccc1. The quantitative estimate of drug-likeness (QED) is 0.492. The Bertz CT molecular complexity index is 626. The highest BCUT2D eigenvalue weighted by atomic mass is 35.5. The zero-order valence-corrected chi connectivity index (χ0v) is 11.5. The number of oxime groups is 1. The lowest BCUT2D eigenvalue weighted by Gasteiger charge is -2.05. The van der Waals surface area contributed by atoms with E-state index in [0.717, 1.165) is 0 Å². The van der Waals surface area contributed by atoms with Crippen LogP contribution >= 0.6 is 11.6 Å². The van der Waals surface area contributed by atoms with E-state index in [1.165, 1.54) is 7.11 Å². The molecule has 5 heteroatoms. The number of carbonyl (C=O) groups excluding carboxylic acids is 1. The Labute approximate surface area is 121 Å². The molecular weight excluding hydrogens is 278 g/mol. The van der Waals surface area contributed by atoms with Crippen molar-refractivity contribution in [3.63, 3.8) is 0 Å². The molecule has 0 saturated heterocycles. The molecule has 0 N–H and O–H groups in total. The lowest BCUT2D eigenvalue weighted by molar-refractivity contribution is 0.0518. The minimum absolute atomic E-state index is 0.0479. The van der Waals surface area contributed by atoms with Crippen LogP contribution < -0.4 is 4.74 Å². The lowest BCUT2D eigenvalue weighted by atomic mass is 10.2. The fourth-order valence-electron chi connectivity index (χ4n) is 1.57. The fraction of sp³-hybridized carbons (Fsp3) is 0.0667. The molecule has 0 heterocycles. The van der Waals surface area contributed by atoms with Crippen molar-refractivity contribution in [2.45, 2.75) is 0 Å². The summed E-state index contributed by atoms with van der Waals surface area (Å²) in [5.74, 6) is -0.0179. The summed E-state index contributed by atoms with van der Waals surface area (Å²) in [6.07, 6.45) is 0. The molecule has 102 valence electrons. The van der Waals surface area contributed by atoms with Gasteiger partial charge >= 0.3 is 5.97 Å². The molecule has 0 spiro atoms. The Morgan fingerprint density at radius 1 is 1.05 bits per heavy atom. The number of rotatable bonds is 4. The van der Waals surface area contributed by atoms with Crippen molar-refractivity contribution in [2.24, 2.45) is 5.16 Å². The molecule has 0 atom stereocenters. The number of ether oxygens (including phenoxy) is 1. The first-order valence-corrected chi connectivity index (χ1v) is 6.23. The normalized spacial score (nSPS) is 11.0. The van der Waals surface area contributed by atoms with Crippen LogP contribution in [0.5, 0.6) is 5.75 Å². The van der Waals surface area contributed by atoms with Crippen molar-refractivity contribution >= 4 is 22.7 Å².